The van der Waals surface area contributed by atoms with Crippen LogP contribution < -0.4 is 10.6 Å². The van der Waals surface area contributed by atoms with E-state index in [1.807, 2.05) is 36.4 Å². The summed E-state index contributed by atoms with van der Waals surface area (Å²) in [6.07, 6.45) is 1.99. The normalized spacial score (nSPS) is 13.4. The maximum absolute atomic E-state index is 13.0. The van der Waals surface area contributed by atoms with E-state index < -0.39 is 0 Å². The topological polar surface area (TPSA) is 54.3 Å². The minimum absolute atomic E-state index is 0.106. The van der Waals surface area contributed by atoms with Gasteiger partial charge in [-0.1, -0.05) is 0 Å². The highest BCUT2D eigenvalue weighted by atomic mass is 19.1. The van der Waals surface area contributed by atoms with Crippen molar-refractivity contribution in [2.45, 2.75) is 19.4 Å². The van der Waals surface area contributed by atoms with Crippen molar-refractivity contribution in [2.24, 2.45) is 5.92 Å². The van der Waals surface area contributed by atoms with Crippen LogP contribution in [0.15, 0.2) is 65.1 Å². The molecule has 1 amide bonds. The molecule has 0 radical (unpaired) electrons. The monoisotopic (exact) mass is 350 g/mol. The summed E-state index contributed by atoms with van der Waals surface area (Å²) in [7, 11) is 0. The molecule has 1 aromatic heterocycles. The van der Waals surface area contributed by atoms with E-state index in [0.29, 0.717) is 12.3 Å². The third-order valence-electron chi connectivity index (χ3n) is 4.36. The lowest BCUT2D eigenvalue weighted by Crippen LogP contribution is -2.13. The standard InChI is InChI=1S/C21H19FN2O2/c22-16-5-3-14(4-6-16)20-12-11-19(26-20)13-23-17-7-9-18(10-8-17)24-21(25)15-1-2-15/h3-12,15,23H,1-2,13H2,(H,24,25). The zero-order valence-electron chi connectivity index (χ0n) is 14.2. The molecule has 2 N–H and O–H groups in total. The minimum atomic E-state index is -0.265. The van der Waals surface area contributed by atoms with Crippen LogP contribution in [-0.4, -0.2) is 5.91 Å². The predicted octanol–water partition coefficient (Wildman–Crippen LogP) is 5.05. The van der Waals surface area contributed by atoms with E-state index >= 15 is 0 Å². The average molecular weight is 350 g/mol. The Balaban J connectivity index is 1.33. The summed E-state index contributed by atoms with van der Waals surface area (Å²) in [5.74, 6) is 1.53. The quantitative estimate of drug-likeness (QED) is 0.654. The van der Waals surface area contributed by atoms with Gasteiger partial charge in [0.05, 0.1) is 6.54 Å². The second-order valence-corrected chi connectivity index (χ2v) is 6.47. The molecule has 0 unspecified atom stereocenters. The molecule has 4 nitrogen and oxygen atoms in total. The van der Waals surface area contributed by atoms with Gasteiger partial charge in [0.15, 0.2) is 0 Å². The molecule has 3 aromatic rings. The summed E-state index contributed by atoms with van der Waals surface area (Å²) in [6.45, 7) is 0.537. The van der Waals surface area contributed by atoms with Crippen molar-refractivity contribution in [3.05, 3.63) is 72.2 Å². The molecule has 1 aliphatic rings. The van der Waals surface area contributed by atoms with Gasteiger partial charge in [-0.25, -0.2) is 4.39 Å². The number of anilines is 2. The Kier molecular flexibility index (Phi) is 4.44. The number of carbonyl (C=O) groups is 1. The maximum Gasteiger partial charge on any atom is 0.227 e. The second kappa shape index (κ2) is 7.04. The lowest BCUT2D eigenvalue weighted by molar-refractivity contribution is -0.117. The lowest BCUT2D eigenvalue weighted by Gasteiger charge is -2.07. The van der Waals surface area contributed by atoms with Crippen LogP contribution >= 0.6 is 0 Å². The molecule has 2 aromatic carbocycles. The molecule has 26 heavy (non-hydrogen) atoms. The van der Waals surface area contributed by atoms with Crippen molar-refractivity contribution in [1.82, 2.24) is 0 Å². The number of benzene rings is 2. The maximum atomic E-state index is 13.0. The first-order valence-electron chi connectivity index (χ1n) is 8.67. The Morgan fingerprint density at radius 2 is 1.65 bits per heavy atom. The highest BCUT2D eigenvalue weighted by Crippen LogP contribution is 2.30. The van der Waals surface area contributed by atoms with Crippen molar-refractivity contribution < 1.29 is 13.6 Å². The predicted molar refractivity (Wildman–Crippen MR) is 99.2 cm³/mol. The smallest absolute Gasteiger partial charge is 0.227 e. The van der Waals surface area contributed by atoms with E-state index in [1.165, 1.54) is 12.1 Å². The van der Waals surface area contributed by atoms with Crippen molar-refractivity contribution in [1.29, 1.82) is 0 Å². The van der Waals surface area contributed by atoms with Crippen LogP contribution in [0.5, 0.6) is 0 Å². The van der Waals surface area contributed by atoms with E-state index in [9.17, 15) is 9.18 Å². The Bertz CT molecular complexity index is 897. The Hall–Kier alpha value is -3.08. The molecule has 1 fully saturated rings. The Morgan fingerprint density at radius 1 is 0.962 bits per heavy atom. The number of nitrogens with one attached hydrogen (secondary N) is 2. The van der Waals surface area contributed by atoms with Crippen LogP contribution in [0.1, 0.15) is 18.6 Å². The molecule has 1 heterocycles. The Labute approximate surface area is 151 Å². The third kappa shape index (κ3) is 3.94. The summed E-state index contributed by atoms with van der Waals surface area (Å²) in [6, 6.07) is 17.6. The zero-order chi connectivity index (χ0) is 17.9. The molecule has 0 spiro atoms. The number of furan rings is 1. The fraction of sp³-hybridized carbons (Fsp3) is 0.190. The third-order valence-corrected chi connectivity index (χ3v) is 4.36. The van der Waals surface area contributed by atoms with Gasteiger partial charge >= 0.3 is 0 Å². The summed E-state index contributed by atoms with van der Waals surface area (Å²) in [4.78, 5) is 11.7. The van der Waals surface area contributed by atoms with E-state index in [4.69, 9.17) is 4.42 Å². The second-order valence-electron chi connectivity index (χ2n) is 6.47. The van der Waals surface area contributed by atoms with Crippen molar-refractivity contribution in [2.75, 3.05) is 10.6 Å². The molecular formula is C21H19FN2O2. The molecule has 1 aliphatic carbocycles. The first kappa shape index (κ1) is 16.4. The highest BCUT2D eigenvalue weighted by Gasteiger charge is 2.29. The van der Waals surface area contributed by atoms with Gasteiger partial charge in [-0.05, 0) is 73.5 Å². The summed E-state index contributed by atoms with van der Waals surface area (Å²) in [5, 5.41) is 6.20. The van der Waals surface area contributed by atoms with Crippen LogP contribution in [0.3, 0.4) is 0 Å². The number of halogens is 1. The number of amides is 1. The van der Waals surface area contributed by atoms with Crippen molar-refractivity contribution in [3.8, 4) is 11.3 Å². The molecule has 132 valence electrons. The minimum Gasteiger partial charge on any atom is -0.459 e. The molecular weight excluding hydrogens is 331 g/mol. The number of rotatable bonds is 6. The largest absolute Gasteiger partial charge is 0.459 e. The van der Waals surface area contributed by atoms with Crippen LogP contribution in [-0.2, 0) is 11.3 Å². The van der Waals surface area contributed by atoms with Gasteiger partial charge in [0, 0.05) is 22.9 Å². The van der Waals surface area contributed by atoms with E-state index in [2.05, 4.69) is 10.6 Å². The first-order chi connectivity index (χ1) is 12.7. The molecule has 0 saturated heterocycles. The SMILES string of the molecule is O=C(Nc1ccc(NCc2ccc(-c3ccc(F)cc3)o2)cc1)C1CC1. The molecule has 0 bridgehead atoms. The van der Waals surface area contributed by atoms with Gasteiger partial charge in [-0.2, -0.15) is 0 Å². The molecule has 0 atom stereocenters. The van der Waals surface area contributed by atoms with Gasteiger partial charge in [-0.15, -0.1) is 0 Å². The van der Waals surface area contributed by atoms with Crippen molar-refractivity contribution >= 4 is 17.3 Å². The van der Waals surface area contributed by atoms with Crippen molar-refractivity contribution in [3.63, 3.8) is 0 Å². The fourth-order valence-electron chi connectivity index (χ4n) is 2.69. The molecule has 4 rings (SSSR count). The summed E-state index contributed by atoms with van der Waals surface area (Å²) >= 11 is 0. The fourth-order valence-corrected chi connectivity index (χ4v) is 2.69. The summed E-state index contributed by atoms with van der Waals surface area (Å²) in [5.41, 5.74) is 2.59. The molecule has 5 heteroatoms. The van der Waals surface area contributed by atoms with Gasteiger partial charge in [-0.3, -0.25) is 4.79 Å². The zero-order valence-corrected chi connectivity index (χ0v) is 14.2. The lowest BCUT2D eigenvalue weighted by atomic mass is 10.2. The van der Waals surface area contributed by atoms with Gasteiger partial charge < -0.3 is 15.1 Å². The number of carbonyl (C=O) groups excluding carboxylic acids is 1. The number of hydrogen-bond donors (Lipinski definition) is 2. The Morgan fingerprint density at radius 3 is 2.35 bits per heavy atom. The van der Waals surface area contributed by atoms with Crippen LogP contribution in [0.4, 0.5) is 15.8 Å². The number of hydrogen-bond acceptors (Lipinski definition) is 3. The first-order valence-corrected chi connectivity index (χ1v) is 8.67. The highest BCUT2D eigenvalue weighted by molar-refractivity contribution is 5.94. The van der Waals surface area contributed by atoms with Crippen LogP contribution in [0, 0.1) is 11.7 Å². The van der Waals surface area contributed by atoms with E-state index in [0.717, 1.165) is 35.5 Å². The van der Waals surface area contributed by atoms with Crippen LogP contribution in [0.25, 0.3) is 11.3 Å². The molecule has 1 saturated carbocycles. The molecule has 0 aliphatic heterocycles. The van der Waals surface area contributed by atoms with Gasteiger partial charge in [0.25, 0.3) is 0 Å². The van der Waals surface area contributed by atoms with Gasteiger partial charge in [0.1, 0.15) is 17.3 Å². The van der Waals surface area contributed by atoms with E-state index in [1.54, 1.807) is 12.1 Å². The van der Waals surface area contributed by atoms with Gasteiger partial charge in [0.2, 0.25) is 5.91 Å². The summed E-state index contributed by atoms with van der Waals surface area (Å²) < 4.78 is 18.8. The van der Waals surface area contributed by atoms with E-state index in [-0.39, 0.29) is 17.6 Å². The average Bonchev–Trinajstić information content (AvgIpc) is 3.41. The van der Waals surface area contributed by atoms with Crippen LogP contribution in [0.2, 0.25) is 0 Å².